The molecule has 5 nitrogen and oxygen atoms in total. The summed E-state index contributed by atoms with van der Waals surface area (Å²) < 4.78 is 0. The highest BCUT2D eigenvalue weighted by molar-refractivity contribution is 5.88. The van der Waals surface area contributed by atoms with E-state index in [1.807, 2.05) is 13.8 Å². The molecule has 0 saturated heterocycles. The Bertz CT molecular complexity index is 321. The molecule has 4 N–H and O–H groups in total. The van der Waals surface area contributed by atoms with Crippen molar-refractivity contribution in [1.82, 2.24) is 5.32 Å². The van der Waals surface area contributed by atoms with Crippen molar-refractivity contribution in [3.63, 3.8) is 0 Å². The lowest BCUT2D eigenvalue weighted by Crippen LogP contribution is -2.48. The Morgan fingerprint density at radius 3 is 2.50 bits per heavy atom. The van der Waals surface area contributed by atoms with Crippen molar-refractivity contribution in [3.05, 3.63) is 0 Å². The van der Waals surface area contributed by atoms with E-state index in [0.29, 0.717) is 25.7 Å². The Hall–Kier alpha value is -1.54. The van der Waals surface area contributed by atoms with Gasteiger partial charge in [-0.1, -0.05) is 13.8 Å². The predicted molar refractivity (Wildman–Crippen MR) is 69.3 cm³/mol. The smallest absolute Gasteiger partial charge is 0.249 e. The number of amides is 2. The summed E-state index contributed by atoms with van der Waals surface area (Å²) in [5, 5.41) is 12.0. The molecule has 0 aliphatic heterocycles. The fourth-order valence-electron chi connectivity index (χ4n) is 1.52. The summed E-state index contributed by atoms with van der Waals surface area (Å²) in [5.41, 5.74) is 5.18. The van der Waals surface area contributed by atoms with Crippen LogP contribution < -0.4 is 11.1 Å². The van der Waals surface area contributed by atoms with Crippen molar-refractivity contribution < 1.29 is 14.7 Å². The van der Waals surface area contributed by atoms with Crippen LogP contribution in [-0.2, 0) is 9.59 Å². The number of unbranched alkanes of at least 4 members (excludes halogenated alkanes) is 1. The van der Waals surface area contributed by atoms with Gasteiger partial charge >= 0.3 is 0 Å². The zero-order chi connectivity index (χ0) is 14.1. The van der Waals surface area contributed by atoms with E-state index in [0.717, 1.165) is 0 Å². The minimum absolute atomic E-state index is 0.194. The maximum absolute atomic E-state index is 11.6. The Kier molecular flexibility index (Phi) is 7.81. The second-order valence-electron chi connectivity index (χ2n) is 4.71. The molecule has 0 bridgehead atoms. The number of rotatable bonds is 8. The second-order valence-corrected chi connectivity index (χ2v) is 4.71. The number of hydrogen-bond donors (Lipinski definition) is 3. The van der Waals surface area contributed by atoms with Crippen molar-refractivity contribution in [2.45, 2.75) is 51.7 Å². The Labute approximate surface area is 108 Å². The summed E-state index contributed by atoms with van der Waals surface area (Å²) in [6.45, 7) is 3.80. The molecule has 5 heteroatoms. The van der Waals surface area contributed by atoms with Crippen molar-refractivity contribution in [1.29, 1.82) is 0 Å². The first kappa shape index (κ1) is 16.5. The van der Waals surface area contributed by atoms with Crippen LogP contribution in [0.2, 0.25) is 0 Å². The molecule has 18 heavy (non-hydrogen) atoms. The summed E-state index contributed by atoms with van der Waals surface area (Å²) in [6.07, 6.45) is 5.85. The van der Waals surface area contributed by atoms with Crippen molar-refractivity contribution >= 4 is 11.8 Å². The van der Waals surface area contributed by atoms with Gasteiger partial charge in [0.15, 0.2) is 0 Å². The molecule has 0 saturated carbocycles. The van der Waals surface area contributed by atoms with Gasteiger partial charge in [0.05, 0.1) is 0 Å². The maximum atomic E-state index is 11.6. The quantitative estimate of drug-likeness (QED) is 0.426. The molecular formula is C13H22N2O3. The highest BCUT2D eigenvalue weighted by atomic mass is 16.3. The number of carbonyl (C=O) groups excluding carboxylic acids is 2. The number of terminal acetylenes is 1. The molecule has 0 heterocycles. The van der Waals surface area contributed by atoms with E-state index >= 15 is 0 Å². The van der Waals surface area contributed by atoms with Gasteiger partial charge in [-0.25, -0.2) is 0 Å². The van der Waals surface area contributed by atoms with E-state index < -0.39 is 24.0 Å². The van der Waals surface area contributed by atoms with Crippen molar-refractivity contribution in [3.8, 4) is 12.3 Å². The van der Waals surface area contributed by atoms with E-state index in [4.69, 9.17) is 12.2 Å². The van der Waals surface area contributed by atoms with Crippen LogP contribution in [0.1, 0.15) is 39.5 Å². The highest BCUT2D eigenvalue weighted by Crippen LogP contribution is 2.06. The van der Waals surface area contributed by atoms with Crippen LogP contribution in [0.4, 0.5) is 0 Å². The molecule has 0 rings (SSSR count). The van der Waals surface area contributed by atoms with Gasteiger partial charge in [-0.05, 0) is 25.2 Å². The summed E-state index contributed by atoms with van der Waals surface area (Å²) >= 11 is 0. The topological polar surface area (TPSA) is 92.4 Å². The monoisotopic (exact) mass is 254 g/mol. The van der Waals surface area contributed by atoms with E-state index in [-0.39, 0.29) is 5.92 Å². The number of carbonyl (C=O) groups is 2. The number of nitrogens with two attached hydrogens (primary N) is 1. The van der Waals surface area contributed by atoms with Gasteiger partial charge in [-0.15, -0.1) is 12.3 Å². The first-order valence-electron chi connectivity index (χ1n) is 6.09. The summed E-state index contributed by atoms with van der Waals surface area (Å²) in [4.78, 5) is 22.8. The number of aliphatic hydroxyl groups is 1. The van der Waals surface area contributed by atoms with E-state index in [1.165, 1.54) is 0 Å². The number of aliphatic hydroxyl groups excluding tert-OH is 1. The Balaban J connectivity index is 4.27. The Morgan fingerprint density at radius 2 is 2.06 bits per heavy atom. The minimum atomic E-state index is -1.11. The van der Waals surface area contributed by atoms with Crippen LogP contribution in [-0.4, -0.2) is 29.1 Å². The SMILES string of the molecule is C#CCCC[C@@H](NC(=O)[C@@H](O)CC(C)C)C(N)=O. The third kappa shape index (κ3) is 6.92. The lowest BCUT2D eigenvalue weighted by molar-refractivity contribution is -0.133. The number of nitrogens with one attached hydrogen (secondary N) is 1. The molecule has 0 aliphatic carbocycles. The van der Waals surface area contributed by atoms with Gasteiger partial charge in [0.2, 0.25) is 11.8 Å². The third-order valence-corrected chi connectivity index (χ3v) is 2.47. The van der Waals surface area contributed by atoms with Crippen LogP contribution in [0.3, 0.4) is 0 Å². The zero-order valence-corrected chi connectivity index (χ0v) is 11.0. The van der Waals surface area contributed by atoms with Crippen LogP contribution in [0.15, 0.2) is 0 Å². The predicted octanol–water partition coefficient (Wildman–Crippen LogP) is 0.167. The molecule has 0 radical (unpaired) electrons. The van der Waals surface area contributed by atoms with Crippen LogP contribution >= 0.6 is 0 Å². The Morgan fingerprint density at radius 1 is 1.44 bits per heavy atom. The second kappa shape index (κ2) is 8.54. The molecule has 0 unspecified atom stereocenters. The first-order chi connectivity index (χ1) is 8.38. The normalized spacial score (nSPS) is 13.7. The molecular weight excluding hydrogens is 232 g/mol. The van der Waals surface area contributed by atoms with Crippen molar-refractivity contribution in [2.75, 3.05) is 0 Å². The molecule has 0 aliphatic rings. The van der Waals surface area contributed by atoms with E-state index in [1.54, 1.807) is 0 Å². The summed E-state index contributed by atoms with van der Waals surface area (Å²) in [7, 11) is 0. The standard InChI is InChI=1S/C13H22N2O3/c1-4-5-6-7-10(12(14)17)15-13(18)11(16)8-9(2)3/h1,9-11,16H,5-8H2,2-3H3,(H2,14,17)(H,15,18)/t10-,11+/m1/s1. The van der Waals surface area contributed by atoms with Crippen molar-refractivity contribution in [2.24, 2.45) is 11.7 Å². The van der Waals surface area contributed by atoms with E-state index in [2.05, 4.69) is 11.2 Å². The van der Waals surface area contributed by atoms with Gasteiger partial charge in [0.1, 0.15) is 12.1 Å². The average Bonchev–Trinajstić information content (AvgIpc) is 2.26. The molecule has 0 aromatic rings. The minimum Gasteiger partial charge on any atom is -0.383 e. The third-order valence-electron chi connectivity index (χ3n) is 2.47. The van der Waals surface area contributed by atoms with Gasteiger partial charge in [-0.3, -0.25) is 9.59 Å². The van der Waals surface area contributed by atoms with E-state index in [9.17, 15) is 14.7 Å². The average molecular weight is 254 g/mol. The number of primary amides is 1. The van der Waals surface area contributed by atoms with Gasteiger partial charge in [0, 0.05) is 6.42 Å². The molecule has 0 aromatic carbocycles. The molecule has 0 spiro atoms. The molecule has 102 valence electrons. The molecule has 0 aromatic heterocycles. The largest absolute Gasteiger partial charge is 0.383 e. The highest BCUT2D eigenvalue weighted by Gasteiger charge is 2.22. The molecule has 2 atom stereocenters. The van der Waals surface area contributed by atoms with Crippen LogP contribution in [0, 0.1) is 18.3 Å². The summed E-state index contributed by atoms with van der Waals surface area (Å²) in [6, 6.07) is -0.771. The zero-order valence-electron chi connectivity index (χ0n) is 11.0. The lowest BCUT2D eigenvalue weighted by Gasteiger charge is -2.18. The van der Waals surface area contributed by atoms with Gasteiger partial charge < -0.3 is 16.2 Å². The van der Waals surface area contributed by atoms with Crippen LogP contribution in [0.25, 0.3) is 0 Å². The number of hydrogen-bond acceptors (Lipinski definition) is 3. The molecule has 0 fully saturated rings. The summed E-state index contributed by atoms with van der Waals surface area (Å²) in [5.74, 6) is 1.47. The maximum Gasteiger partial charge on any atom is 0.249 e. The fraction of sp³-hybridized carbons (Fsp3) is 0.692. The van der Waals surface area contributed by atoms with Gasteiger partial charge in [-0.2, -0.15) is 0 Å². The molecule has 2 amide bonds. The lowest BCUT2D eigenvalue weighted by atomic mass is 10.0. The first-order valence-corrected chi connectivity index (χ1v) is 6.09. The fourth-order valence-corrected chi connectivity index (χ4v) is 1.52. The van der Waals surface area contributed by atoms with Crippen LogP contribution in [0.5, 0.6) is 0 Å². The van der Waals surface area contributed by atoms with Gasteiger partial charge in [0.25, 0.3) is 0 Å².